The Morgan fingerprint density at radius 3 is 1.52 bits per heavy atom. The van der Waals surface area contributed by atoms with Gasteiger partial charge in [0.25, 0.3) is 11.8 Å². The van der Waals surface area contributed by atoms with Crippen LogP contribution >= 0.6 is 0 Å². The molecule has 0 saturated carbocycles. The third-order valence-electron chi connectivity index (χ3n) is 8.82. The van der Waals surface area contributed by atoms with Crippen LogP contribution in [-0.2, 0) is 22.4 Å². The van der Waals surface area contributed by atoms with Gasteiger partial charge in [0, 0.05) is 11.8 Å². The first-order valence-electron chi connectivity index (χ1n) is 18.0. The quantitative estimate of drug-likeness (QED) is 0.0612. The van der Waals surface area contributed by atoms with Gasteiger partial charge in [0.05, 0.1) is 11.1 Å². The lowest BCUT2D eigenvalue weighted by atomic mass is 9.94. The number of rotatable bonds is 21. The molecule has 0 bridgehead atoms. The van der Waals surface area contributed by atoms with Crippen molar-refractivity contribution in [3.8, 4) is 11.5 Å². The standard InChI is InChI=1S/C38H58N4O6/c1-5-8-10-12-20-28-23-16-25-31(33(28)43)37(47)41-39-35(45)27(4)19-14-15-22-30(18-7-3)36(46)40-42-38(48)32-26-17-24-29(34(32)44)21-13-11-9-6-2/h16-17,23-27,30,43-44H,5-15,18-22H2,1-4H3,(H,39,45)(H,40,46)(H,41,47)(H,42,48). The second-order valence-electron chi connectivity index (χ2n) is 12.8. The van der Waals surface area contributed by atoms with E-state index in [0.29, 0.717) is 50.5 Å². The number of phenols is 2. The van der Waals surface area contributed by atoms with E-state index in [1.54, 1.807) is 19.1 Å². The number of unbranched alkanes of at least 4 members (excludes halogenated alkanes) is 7. The van der Waals surface area contributed by atoms with Gasteiger partial charge in [-0.25, -0.2) is 0 Å². The van der Waals surface area contributed by atoms with E-state index in [2.05, 4.69) is 35.6 Å². The van der Waals surface area contributed by atoms with Crippen LogP contribution < -0.4 is 21.7 Å². The molecule has 2 rings (SSSR count). The Morgan fingerprint density at radius 1 is 0.562 bits per heavy atom. The number of hydrogen-bond donors (Lipinski definition) is 6. The molecule has 0 aromatic heterocycles. The van der Waals surface area contributed by atoms with Gasteiger partial charge in [-0.15, -0.1) is 0 Å². The fourth-order valence-electron chi connectivity index (χ4n) is 5.76. The zero-order valence-electron chi connectivity index (χ0n) is 29.5. The maximum Gasteiger partial charge on any atom is 0.273 e. The summed E-state index contributed by atoms with van der Waals surface area (Å²) in [5.74, 6) is -2.56. The molecule has 0 aliphatic rings. The highest BCUT2D eigenvalue weighted by Crippen LogP contribution is 2.26. The lowest BCUT2D eigenvalue weighted by molar-refractivity contribution is -0.127. The van der Waals surface area contributed by atoms with E-state index in [0.717, 1.165) is 63.4 Å². The van der Waals surface area contributed by atoms with Crippen molar-refractivity contribution in [1.82, 2.24) is 21.7 Å². The number of hydrogen-bond acceptors (Lipinski definition) is 6. The van der Waals surface area contributed by atoms with Crippen LogP contribution in [0.1, 0.15) is 149 Å². The molecule has 4 amide bonds. The van der Waals surface area contributed by atoms with Crippen molar-refractivity contribution < 1.29 is 29.4 Å². The highest BCUT2D eigenvalue weighted by molar-refractivity contribution is 5.99. The van der Waals surface area contributed by atoms with Gasteiger partial charge in [-0.3, -0.25) is 40.9 Å². The SMILES string of the molecule is CCCCCCc1cccc(C(=O)NNC(=O)C(C)CCCCC(CCC)C(=O)NNC(=O)c2cccc(CCCCCC)c2O)c1O. The molecule has 0 heterocycles. The average Bonchev–Trinajstić information content (AvgIpc) is 3.08. The summed E-state index contributed by atoms with van der Waals surface area (Å²) in [6, 6.07) is 10.2. The topological polar surface area (TPSA) is 157 Å². The molecule has 266 valence electrons. The monoisotopic (exact) mass is 666 g/mol. The first kappa shape index (κ1) is 40.1. The summed E-state index contributed by atoms with van der Waals surface area (Å²) in [5.41, 5.74) is 11.6. The Labute approximate surface area is 286 Å². The molecule has 0 fully saturated rings. The predicted octanol–water partition coefficient (Wildman–Crippen LogP) is 7.18. The number of hydrazine groups is 2. The van der Waals surface area contributed by atoms with Gasteiger partial charge in [-0.05, 0) is 68.2 Å². The highest BCUT2D eigenvalue weighted by Gasteiger charge is 2.21. The number of carbonyl (C=O) groups excluding carboxylic acids is 4. The van der Waals surface area contributed by atoms with Crippen LogP contribution in [0.5, 0.6) is 11.5 Å². The van der Waals surface area contributed by atoms with Crippen LogP contribution in [0.2, 0.25) is 0 Å². The van der Waals surface area contributed by atoms with E-state index < -0.39 is 11.8 Å². The maximum atomic E-state index is 12.9. The average molecular weight is 667 g/mol. The molecular formula is C38H58N4O6. The number of aromatic hydroxyl groups is 2. The third kappa shape index (κ3) is 13.6. The molecule has 0 spiro atoms. The Bertz CT molecular complexity index is 1310. The van der Waals surface area contributed by atoms with Crippen molar-refractivity contribution in [2.24, 2.45) is 11.8 Å². The van der Waals surface area contributed by atoms with Gasteiger partial charge in [0.1, 0.15) is 11.5 Å². The minimum Gasteiger partial charge on any atom is -0.507 e. The molecule has 48 heavy (non-hydrogen) atoms. The van der Waals surface area contributed by atoms with Crippen LogP contribution in [0.3, 0.4) is 0 Å². The van der Waals surface area contributed by atoms with Crippen LogP contribution in [0.15, 0.2) is 36.4 Å². The normalized spacial score (nSPS) is 12.2. The summed E-state index contributed by atoms with van der Waals surface area (Å²) in [5, 5.41) is 21.2. The number of amides is 4. The molecule has 0 aliphatic carbocycles. The third-order valence-corrected chi connectivity index (χ3v) is 8.82. The number of nitrogens with one attached hydrogen (secondary N) is 4. The summed E-state index contributed by atoms with van der Waals surface area (Å²) in [7, 11) is 0. The molecule has 0 aliphatic heterocycles. The van der Waals surface area contributed by atoms with Crippen molar-refractivity contribution in [1.29, 1.82) is 0 Å². The lowest BCUT2D eigenvalue weighted by Gasteiger charge is -2.18. The van der Waals surface area contributed by atoms with E-state index in [1.807, 2.05) is 19.1 Å². The number of carbonyl (C=O) groups is 4. The first-order valence-corrected chi connectivity index (χ1v) is 18.0. The molecule has 2 atom stereocenters. The van der Waals surface area contributed by atoms with E-state index in [-0.39, 0.29) is 46.3 Å². The van der Waals surface area contributed by atoms with Crippen molar-refractivity contribution in [3.63, 3.8) is 0 Å². The summed E-state index contributed by atoms with van der Waals surface area (Å²) in [6.07, 6.45) is 13.8. The minimum atomic E-state index is -0.575. The van der Waals surface area contributed by atoms with E-state index in [1.165, 1.54) is 12.1 Å². The molecule has 6 N–H and O–H groups in total. The number of aryl methyl sites for hydroxylation is 2. The van der Waals surface area contributed by atoms with Crippen LogP contribution in [-0.4, -0.2) is 33.8 Å². The smallest absolute Gasteiger partial charge is 0.273 e. The summed E-state index contributed by atoms with van der Waals surface area (Å²) < 4.78 is 0. The maximum absolute atomic E-state index is 12.9. The van der Waals surface area contributed by atoms with Crippen LogP contribution in [0.4, 0.5) is 0 Å². The fourth-order valence-corrected chi connectivity index (χ4v) is 5.76. The van der Waals surface area contributed by atoms with Crippen LogP contribution in [0, 0.1) is 11.8 Å². The van der Waals surface area contributed by atoms with E-state index >= 15 is 0 Å². The predicted molar refractivity (Wildman–Crippen MR) is 189 cm³/mol. The van der Waals surface area contributed by atoms with Gasteiger partial charge >= 0.3 is 0 Å². The fraction of sp³-hybridized carbons (Fsp3) is 0.579. The van der Waals surface area contributed by atoms with Crippen LogP contribution in [0.25, 0.3) is 0 Å². The first-order chi connectivity index (χ1) is 23.1. The van der Waals surface area contributed by atoms with Gasteiger partial charge in [0.15, 0.2) is 0 Å². The van der Waals surface area contributed by atoms with Crippen molar-refractivity contribution in [2.75, 3.05) is 0 Å². The second kappa shape index (κ2) is 22.5. The van der Waals surface area contributed by atoms with Gasteiger partial charge in [-0.1, -0.05) is 110 Å². The van der Waals surface area contributed by atoms with E-state index in [4.69, 9.17) is 0 Å². The summed E-state index contributed by atoms with van der Waals surface area (Å²) in [4.78, 5) is 51.1. The molecule has 2 unspecified atom stereocenters. The van der Waals surface area contributed by atoms with Gasteiger partial charge < -0.3 is 10.2 Å². The largest absolute Gasteiger partial charge is 0.507 e. The molecule has 10 nitrogen and oxygen atoms in total. The van der Waals surface area contributed by atoms with Crippen molar-refractivity contribution in [3.05, 3.63) is 58.7 Å². The molecule has 2 aromatic rings. The highest BCUT2D eigenvalue weighted by atomic mass is 16.3. The minimum absolute atomic E-state index is 0.0518. The molecule has 2 aromatic carbocycles. The van der Waals surface area contributed by atoms with Gasteiger partial charge in [-0.2, -0.15) is 0 Å². The van der Waals surface area contributed by atoms with Crippen molar-refractivity contribution >= 4 is 23.6 Å². The molecule has 10 heteroatoms. The summed E-state index contributed by atoms with van der Waals surface area (Å²) in [6.45, 7) is 8.04. The Morgan fingerprint density at radius 2 is 1.04 bits per heavy atom. The van der Waals surface area contributed by atoms with Crippen molar-refractivity contribution in [2.45, 2.75) is 130 Å². The number of phenolic OH excluding ortho intramolecular Hbond substituents is 2. The molecule has 0 saturated heterocycles. The summed E-state index contributed by atoms with van der Waals surface area (Å²) >= 11 is 0. The zero-order chi connectivity index (χ0) is 35.3. The van der Waals surface area contributed by atoms with Gasteiger partial charge in [0.2, 0.25) is 11.8 Å². The van der Waals surface area contributed by atoms with E-state index in [9.17, 15) is 29.4 Å². The Balaban J connectivity index is 1.77. The number of para-hydroxylation sites is 2. The molecular weight excluding hydrogens is 608 g/mol. The number of benzene rings is 2. The lowest BCUT2D eigenvalue weighted by Crippen LogP contribution is -2.44. The second-order valence-corrected chi connectivity index (χ2v) is 12.8. The Hall–Kier alpha value is -4.08. The molecule has 0 radical (unpaired) electrons. The Kier molecular flexibility index (Phi) is 18.8. The zero-order valence-corrected chi connectivity index (χ0v) is 29.5.